The molecule has 28 heavy (non-hydrogen) atoms. The molecule has 0 atom stereocenters. The molecule has 1 fully saturated rings. The maximum atomic E-state index is 12.4. The minimum absolute atomic E-state index is 0.00473. The second-order valence-electron chi connectivity index (χ2n) is 7.13. The predicted molar refractivity (Wildman–Crippen MR) is 108 cm³/mol. The lowest BCUT2D eigenvalue weighted by molar-refractivity contribution is -0.120. The summed E-state index contributed by atoms with van der Waals surface area (Å²) in [5, 5.41) is 2.90. The van der Waals surface area contributed by atoms with E-state index in [0.29, 0.717) is 16.8 Å². The summed E-state index contributed by atoms with van der Waals surface area (Å²) in [4.78, 5) is 37.0. The highest BCUT2D eigenvalue weighted by molar-refractivity contribution is 6.00. The number of hydrogen-bond acceptors (Lipinski definition) is 3. The van der Waals surface area contributed by atoms with Gasteiger partial charge in [0.15, 0.2) is 0 Å². The Bertz CT molecular complexity index is 873. The Balaban J connectivity index is 1.58. The van der Waals surface area contributed by atoms with Gasteiger partial charge in [0.2, 0.25) is 5.91 Å². The van der Waals surface area contributed by atoms with Crippen LogP contribution in [0.25, 0.3) is 0 Å². The lowest BCUT2D eigenvalue weighted by atomic mass is 9.88. The topological polar surface area (TPSA) is 87.3 Å². The number of carbonyl (C=O) groups excluding carboxylic acids is 3. The van der Waals surface area contributed by atoms with Crippen LogP contribution >= 0.6 is 0 Å². The van der Waals surface area contributed by atoms with E-state index < -0.39 is 5.91 Å². The largest absolute Gasteiger partial charge is 0.326 e. The van der Waals surface area contributed by atoms with Gasteiger partial charge >= 0.3 is 0 Å². The van der Waals surface area contributed by atoms with E-state index in [9.17, 15) is 14.4 Å². The van der Waals surface area contributed by atoms with Crippen molar-refractivity contribution < 1.29 is 14.4 Å². The van der Waals surface area contributed by atoms with Crippen LogP contribution in [0.1, 0.15) is 58.4 Å². The summed E-state index contributed by atoms with van der Waals surface area (Å²) in [7, 11) is 0. The zero-order valence-electron chi connectivity index (χ0n) is 16.0. The fourth-order valence-corrected chi connectivity index (χ4v) is 3.43. The molecule has 3 rings (SSSR count). The van der Waals surface area contributed by atoms with Crippen molar-refractivity contribution >= 4 is 23.4 Å². The van der Waals surface area contributed by atoms with Gasteiger partial charge < -0.3 is 5.32 Å². The molecule has 0 bridgehead atoms. The van der Waals surface area contributed by atoms with Gasteiger partial charge in [0.05, 0.1) is 0 Å². The van der Waals surface area contributed by atoms with E-state index in [2.05, 4.69) is 16.2 Å². The van der Waals surface area contributed by atoms with Gasteiger partial charge in [0, 0.05) is 22.7 Å². The third kappa shape index (κ3) is 4.97. The molecule has 146 valence electrons. The van der Waals surface area contributed by atoms with Gasteiger partial charge in [0.1, 0.15) is 0 Å². The van der Waals surface area contributed by atoms with Crippen LogP contribution < -0.4 is 16.2 Å². The summed E-state index contributed by atoms with van der Waals surface area (Å²) in [6, 6.07) is 13.8. The smallest absolute Gasteiger partial charge is 0.269 e. The van der Waals surface area contributed by atoms with Crippen molar-refractivity contribution in [1.82, 2.24) is 10.9 Å². The quantitative estimate of drug-likeness (QED) is 0.710. The first-order valence-electron chi connectivity index (χ1n) is 9.62. The molecule has 1 aliphatic carbocycles. The predicted octanol–water partition coefficient (Wildman–Crippen LogP) is 3.59. The van der Waals surface area contributed by atoms with Crippen LogP contribution in [0.5, 0.6) is 0 Å². The maximum absolute atomic E-state index is 12.4. The van der Waals surface area contributed by atoms with E-state index in [1.165, 1.54) is 6.42 Å². The van der Waals surface area contributed by atoms with Crippen LogP contribution in [0.4, 0.5) is 5.69 Å². The van der Waals surface area contributed by atoms with Crippen LogP contribution in [-0.4, -0.2) is 17.7 Å². The highest BCUT2D eigenvalue weighted by Crippen LogP contribution is 2.25. The molecule has 0 radical (unpaired) electrons. The highest BCUT2D eigenvalue weighted by Gasteiger charge is 2.21. The van der Waals surface area contributed by atoms with E-state index >= 15 is 0 Å². The Morgan fingerprint density at radius 2 is 1.57 bits per heavy atom. The number of anilines is 1. The van der Waals surface area contributed by atoms with Gasteiger partial charge in [-0.3, -0.25) is 25.2 Å². The second kappa shape index (κ2) is 9.17. The van der Waals surface area contributed by atoms with Crippen molar-refractivity contribution in [2.75, 3.05) is 5.32 Å². The Labute approximate surface area is 164 Å². The molecular formula is C22H25N3O3. The average molecular weight is 379 g/mol. The number of hydrogen-bond donors (Lipinski definition) is 3. The molecule has 6 heteroatoms. The third-order valence-corrected chi connectivity index (χ3v) is 5.05. The van der Waals surface area contributed by atoms with Gasteiger partial charge in [-0.25, -0.2) is 0 Å². The lowest BCUT2D eigenvalue weighted by Crippen LogP contribution is -2.41. The molecule has 0 unspecified atom stereocenters. The summed E-state index contributed by atoms with van der Waals surface area (Å²) in [5.74, 6) is -0.784. The van der Waals surface area contributed by atoms with E-state index in [1.807, 2.05) is 19.1 Å². The van der Waals surface area contributed by atoms with E-state index in [0.717, 1.165) is 31.2 Å². The molecule has 0 aromatic heterocycles. The number of nitrogens with one attached hydrogen (secondary N) is 3. The third-order valence-electron chi connectivity index (χ3n) is 5.05. The fraction of sp³-hybridized carbons (Fsp3) is 0.318. The monoisotopic (exact) mass is 379 g/mol. The van der Waals surface area contributed by atoms with Crippen molar-refractivity contribution in [1.29, 1.82) is 0 Å². The molecular weight excluding hydrogens is 354 g/mol. The molecule has 3 amide bonds. The van der Waals surface area contributed by atoms with Gasteiger partial charge in [-0.1, -0.05) is 43.5 Å². The Morgan fingerprint density at radius 3 is 2.32 bits per heavy atom. The number of aryl methyl sites for hydroxylation is 1. The van der Waals surface area contributed by atoms with Gasteiger partial charge in [-0.05, 0) is 49.6 Å². The highest BCUT2D eigenvalue weighted by atomic mass is 16.2. The molecule has 1 aliphatic rings. The van der Waals surface area contributed by atoms with Crippen molar-refractivity contribution in [2.45, 2.75) is 39.0 Å². The summed E-state index contributed by atoms with van der Waals surface area (Å²) >= 11 is 0. The molecule has 2 aromatic carbocycles. The molecule has 1 saturated carbocycles. The Kier molecular flexibility index (Phi) is 6.42. The number of benzene rings is 2. The first-order valence-corrected chi connectivity index (χ1v) is 9.62. The minimum Gasteiger partial charge on any atom is -0.326 e. The average Bonchev–Trinajstić information content (AvgIpc) is 2.73. The normalized spacial score (nSPS) is 14.2. The van der Waals surface area contributed by atoms with Crippen LogP contribution in [-0.2, 0) is 4.79 Å². The molecule has 0 heterocycles. The fourth-order valence-electron chi connectivity index (χ4n) is 3.43. The molecule has 2 aromatic rings. The van der Waals surface area contributed by atoms with Crippen LogP contribution in [0.3, 0.4) is 0 Å². The number of amides is 3. The van der Waals surface area contributed by atoms with Crippen molar-refractivity contribution in [3.05, 3.63) is 65.2 Å². The van der Waals surface area contributed by atoms with E-state index in [-0.39, 0.29) is 17.7 Å². The van der Waals surface area contributed by atoms with Gasteiger partial charge in [0.25, 0.3) is 11.8 Å². The lowest BCUT2D eigenvalue weighted by Gasteiger charge is -2.20. The molecule has 3 N–H and O–H groups in total. The van der Waals surface area contributed by atoms with Crippen molar-refractivity contribution in [2.24, 2.45) is 5.92 Å². The minimum atomic E-state index is -0.448. The summed E-state index contributed by atoms with van der Waals surface area (Å²) < 4.78 is 0. The second-order valence-corrected chi connectivity index (χ2v) is 7.13. The first kappa shape index (κ1) is 19.6. The first-order chi connectivity index (χ1) is 13.5. The molecule has 0 saturated heterocycles. The van der Waals surface area contributed by atoms with Crippen LogP contribution in [0.2, 0.25) is 0 Å². The molecule has 6 nitrogen and oxygen atoms in total. The zero-order valence-corrected chi connectivity index (χ0v) is 16.0. The summed E-state index contributed by atoms with van der Waals surface area (Å²) in [6.45, 7) is 1.83. The Morgan fingerprint density at radius 1 is 0.857 bits per heavy atom. The Hall–Kier alpha value is -3.15. The van der Waals surface area contributed by atoms with Crippen molar-refractivity contribution in [3.8, 4) is 0 Å². The zero-order chi connectivity index (χ0) is 19.9. The van der Waals surface area contributed by atoms with E-state index in [1.54, 1.807) is 36.4 Å². The van der Waals surface area contributed by atoms with Gasteiger partial charge in [-0.15, -0.1) is 0 Å². The van der Waals surface area contributed by atoms with Crippen molar-refractivity contribution in [3.63, 3.8) is 0 Å². The number of rotatable bonds is 4. The molecule has 0 spiro atoms. The number of carbonyl (C=O) groups is 3. The number of hydrazine groups is 1. The van der Waals surface area contributed by atoms with Gasteiger partial charge in [-0.2, -0.15) is 0 Å². The SMILES string of the molecule is Cc1ccccc1C(=O)NNC(=O)c1cccc(NC(=O)C2CCCCC2)c1. The van der Waals surface area contributed by atoms with Crippen LogP contribution in [0, 0.1) is 12.8 Å². The van der Waals surface area contributed by atoms with E-state index in [4.69, 9.17) is 0 Å². The standard InChI is InChI=1S/C22H25N3O3/c1-15-8-5-6-13-19(15)22(28)25-24-21(27)17-11-7-12-18(14-17)23-20(26)16-9-3-2-4-10-16/h5-8,11-14,16H,2-4,9-10H2,1H3,(H,23,26)(H,24,27)(H,25,28). The molecule has 0 aliphatic heterocycles. The summed E-state index contributed by atoms with van der Waals surface area (Å²) in [6.07, 6.45) is 5.18. The maximum Gasteiger partial charge on any atom is 0.269 e. The van der Waals surface area contributed by atoms with Crippen LogP contribution in [0.15, 0.2) is 48.5 Å². The summed E-state index contributed by atoms with van der Waals surface area (Å²) in [5.41, 5.74) is 7.09.